The fourth-order valence-corrected chi connectivity index (χ4v) is 0.996. The standard InChI is InChI=1S/C10H10N4O2/c1-7-8(3-2-5-12-7)14-10(16)9(15)13-6-4-11/h2-3,5H,6H2,1H3,(H,13,15)(H,14,16). The summed E-state index contributed by atoms with van der Waals surface area (Å²) in [5.74, 6) is -1.66. The van der Waals surface area contributed by atoms with Crippen LogP contribution in [-0.4, -0.2) is 23.3 Å². The number of amides is 2. The van der Waals surface area contributed by atoms with E-state index < -0.39 is 11.8 Å². The number of nitrogens with one attached hydrogen (secondary N) is 2. The van der Waals surface area contributed by atoms with Gasteiger partial charge in [0.25, 0.3) is 0 Å². The molecule has 0 bridgehead atoms. The minimum Gasteiger partial charge on any atom is -0.335 e. The van der Waals surface area contributed by atoms with E-state index in [-0.39, 0.29) is 6.54 Å². The predicted molar refractivity (Wildman–Crippen MR) is 56.2 cm³/mol. The van der Waals surface area contributed by atoms with Crippen LogP contribution in [0.1, 0.15) is 5.69 Å². The first-order valence-corrected chi connectivity index (χ1v) is 4.53. The van der Waals surface area contributed by atoms with Gasteiger partial charge in [-0.25, -0.2) is 0 Å². The molecule has 0 aliphatic heterocycles. The van der Waals surface area contributed by atoms with E-state index in [1.807, 2.05) is 0 Å². The number of carbonyl (C=O) groups excluding carboxylic acids is 2. The monoisotopic (exact) mass is 218 g/mol. The van der Waals surface area contributed by atoms with Gasteiger partial charge in [0.05, 0.1) is 17.5 Å². The highest BCUT2D eigenvalue weighted by molar-refractivity contribution is 6.39. The summed E-state index contributed by atoms with van der Waals surface area (Å²) >= 11 is 0. The van der Waals surface area contributed by atoms with Crippen molar-refractivity contribution in [1.82, 2.24) is 10.3 Å². The van der Waals surface area contributed by atoms with Gasteiger partial charge in [0, 0.05) is 6.20 Å². The van der Waals surface area contributed by atoms with Gasteiger partial charge < -0.3 is 10.6 Å². The second-order valence-electron chi connectivity index (χ2n) is 2.93. The number of aryl methyl sites for hydroxylation is 1. The van der Waals surface area contributed by atoms with Gasteiger partial charge >= 0.3 is 11.8 Å². The summed E-state index contributed by atoms with van der Waals surface area (Å²) < 4.78 is 0. The van der Waals surface area contributed by atoms with Crippen molar-refractivity contribution in [2.24, 2.45) is 0 Å². The van der Waals surface area contributed by atoms with Crippen LogP contribution in [0.4, 0.5) is 5.69 Å². The van der Waals surface area contributed by atoms with Crippen molar-refractivity contribution in [1.29, 1.82) is 5.26 Å². The van der Waals surface area contributed by atoms with E-state index in [4.69, 9.17) is 5.26 Å². The van der Waals surface area contributed by atoms with Crippen LogP contribution in [0.25, 0.3) is 0 Å². The third-order valence-electron chi connectivity index (χ3n) is 1.79. The second-order valence-corrected chi connectivity index (χ2v) is 2.93. The molecule has 0 aromatic carbocycles. The number of anilines is 1. The number of carbonyl (C=O) groups is 2. The lowest BCUT2D eigenvalue weighted by atomic mass is 10.3. The number of hydrogen-bond donors (Lipinski definition) is 2. The molecular weight excluding hydrogens is 208 g/mol. The number of nitrogens with zero attached hydrogens (tertiary/aromatic N) is 2. The Morgan fingerprint density at radius 3 is 2.88 bits per heavy atom. The minimum absolute atomic E-state index is 0.196. The Morgan fingerprint density at radius 2 is 2.25 bits per heavy atom. The predicted octanol–water partition coefficient (Wildman–Crippen LogP) is -0.0317. The molecule has 0 atom stereocenters. The first kappa shape index (κ1) is 11.7. The van der Waals surface area contributed by atoms with Gasteiger partial charge in [0.1, 0.15) is 6.54 Å². The van der Waals surface area contributed by atoms with E-state index in [2.05, 4.69) is 15.6 Å². The second kappa shape index (κ2) is 5.46. The molecule has 2 amide bonds. The highest BCUT2D eigenvalue weighted by Crippen LogP contribution is 2.09. The van der Waals surface area contributed by atoms with Gasteiger partial charge in [0.2, 0.25) is 0 Å². The summed E-state index contributed by atoms with van der Waals surface area (Å²) in [7, 11) is 0. The van der Waals surface area contributed by atoms with E-state index in [1.54, 1.807) is 31.3 Å². The summed E-state index contributed by atoms with van der Waals surface area (Å²) in [5, 5.41) is 12.8. The number of pyridine rings is 1. The van der Waals surface area contributed by atoms with Crippen molar-refractivity contribution < 1.29 is 9.59 Å². The Labute approximate surface area is 92.3 Å². The fraction of sp³-hybridized carbons (Fsp3) is 0.200. The maximum absolute atomic E-state index is 11.3. The highest BCUT2D eigenvalue weighted by Gasteiger charge is 2.13. The van der Waals surface area contributed by atoms with Crippen molar-refractivity contribution in [2.45, 2.75) is 6.92 Å². The third kappa shape index (κ3) is 3.06. The van der Waals surface area contributed by atoms with Crippen LogP contribution in [0.5, 0.6) is 0 Å². The Kier molecular flexibility index (Phi) is 3.98. The van der Waals surface area contributed by atoms with Crippen molar-refractivity contribution in [2.75, 3.05) is 11.9 Å². The summed E-state index contributed by atoms with van der Waals surface area (Å²) in [6.45, 7) is 1.51. The summed E-state index contributed by atoms with van der Waals surface area (Å²) in [5.41, 5.74) is 1.09. The van der Waals surface area contributed by atoms with E-state index in [9.17, 15) is 9.59 Å². The average molecular weight is 218 g/mol. The molecule has 0 spiro atoms. The van der Waals surface area contributed by atoms with Gasteiger partial charge in [0.15, 0.2) is 0 Å². The topological polar surface area (TPSA) is 94.9 Å². The van der Waals surface area contributed by atoms with Crippen LogP contribution < -0.4 is 10.6 Å². The van der Waals surface area contributed by atoms with E-state index in [0.29, 0.717) is 11.4 Å². The van der Waals surface area contributed by atoms with Crippen LogP contribution in [0.3, 0.4) is 0 Å². The molecule has 1 rings (SSSR count). The van der Waals surface area contributed by atoms with E-state index in [1.165, 1.54) is 0 Å². The number of nitriles is 1. The first-order chi connectivity index (χ1) is 7.65. The fourth-order valence-electron chi connectivity index (χ4n) is 0.996. The zero-order chi connectivity index (χ0) is 12.0. The molecule has 1 aromatic rings. The molecular formula is C10H10N4O2. The SMILES string of the molecule is Cc1ncccc1NC(=O)C(=O)NCC#N. The lowest BCUT2D eigenvalue weighted by Crippen LogP contribution is -2.35. The Morgan fingerprint density at radius 1 is 1.50 bits per heavy atom. The van der Waals surface area contributed by atoms with Crippen molar-refractivity contribution in [3.8, 4) is 6.07 Å². The number of rotatable bonds is 2. The van der Waals surface area contributed by atoms with Crippen LogP contribution in [0.15, 0.2) is 18.3 Å². The normalized spacial score (nSPS) is 9.00. The Bertz CT molecular complexity index is 450. The Balaban J connectivity index is 2.62. The maximum Gasteiger partial charge on any atom is 0.313 e. The molecule has 16 heavy (non-hydrogen) atoms. The first-order valence-electron chi connectivity index (χ1n) is 4.53. The van der Waals surface area contributed by atoms with Crippen LogP contribution in [-0.2, 0) is 9.59 Å². The summed E-state index contributed by atoms with van der Waals surface area (Å²) in [6, 6.07) is 4.99. The summed E-state index contributed by atoms with van der Waals surface area (Å²) in [6.07, 6.45) is 1.58. The molecule has 82 valence electrons. The molecule has 6 nitrogen and oxygen atoms in total. The van der Waals surface area contributed by atoms with Gasteiger partial charge in [-0.3, -0.25) is 14.6 Å². The quantitative estimate of drug-likeness (QED) is 0.538. The number of hydrogen-bond acceptors (Lipinski definition) is 4. The van der Waals surface area contributed by atoms with Crippen LogP contribution in [0, 0.1) is 18.3 Å². The van der Waals surface area contributed by atoms with Crippen molar-refractivity contribution in [3.63, 3.8) is 0 Å². The molecule has 0 fully saturated rings. The lowest BCUT2D eigenvalue weighted by Gasteiger charge is -2.06. The van der Waals surface area contributed by atoms with Gasteiger partial charge in [-0.2, -0.15) is 5.26 Å². The molecule has 0 aliphatic rings. The minimum atomic E-state index is -0.843. The average Bonchev–Trinajstić information content (AvgIpc) is 2.28. The zero-order valence-electron chi connectivity index (χ0n) is 8.65. The molecule has 2 N–H and O–H groups in total. The lowest BCUT2D eigenvalue weighted by molar-refractivity contribution is -0.136. The zero-order valence-corrected chi connectivity index (χ0v) is 8.65. The summed E-state index contributed by atoms with van der Waals surface area (Å²) in [4.78, 5) is 26.4. The van der Waals surface area contributed by atoms with Gasteiger partial charge in [-0.15, -0.1) is 0 Å². The number of aromatic nitrogens is 1. The van der Waals surface area contributed by atoms with Crippen molar-refractivity contribution >= 4 is 17.5 Å². The highest BCUT2D eigenvalue weighted by atomic mass is 16.2. The maximum atomic E-state index is 11.3. The molecule has 1 heterocycles. The smallest absolute Gasteiger partial charge is 0.313 e. The van der Waals surface area contributed by atoms with Crippen LogP contribution >= 0.6 is 0 Å². The Hall–Kier alpha value is -2.42. The molecule has 0 unspecified atom stereocenters. The van der Waals surface area contributed by atoms with E-state index >= 15 is 0 Å². The molecule has 0 radical (unpaired) electrons. The van der Waals surface area contributed by atoms with Gasteiger partial charge in [-0.1, -0.05) is 0 Å². The molecule has 0 saturated heterocycles. The molecule has 1 aromatic heterocycles. The molecule has 0 aliphatic carbocycles. The third-order valence-corrected chi connectivity index (χ3v) is 1.79. The largest absolute Gasteiger partial charge is 0.335 e. The van der Waals surface area contributed by atoms with Crippen molar-refractivity contribution in [3.05, 3.63) is 24.0 Å². The molecule has 6 heteroatoms. The van der Waals surface area contributed by atoms with Gasteiger partial charge in [-0.05, 0) is 19.1 Å². The van der Waals surface area contributed by atoms with E-state index in [0.717, 1.165) is 0 Å². The van der Waals surface area contributed by atoms with Crippen LogP contribution in [0.2, 0.25) is 0 Å². The molecule has 0 saturated carbocycles.